The summed E-state index contributed by atoms with van der Waals surface area (Å²) in [6.45, 7) is 7.68. The number of carbonyl (C=O) groups excluding carboxylic acids is 1. The number of Topliss-reactive ketones (excluding diaryl/α,β-unsaturated/α-hetero) is 1. The molecule has 0 aliphatic carbocycles. The lowest BCUT2D eigenvalue weighted by molar-refractivity contribution is -0.223. The third kappa shape index (κ3) is 10.7. The van der Waals surface area contributed by atoms with Crippen molar-refractivity contribution in [1.29, 1.82) is 0 Å². The minimum Gasteiger partial charge on any atom is -0.487 e. The van der Waals surface area contributed by atoms with E-state index in [1.54, 1.807) is 0 Å². The van der Waals surface area contributed by atoms with E-state index in [-0.39, 0.29) is 12.4 Å². The highest BCUT2D eigenvalue weighted by Gasteiger charge is 2.46. The molecule has 1 fully saturated rings. The molecule has 48 heavy (non-hydrogen) atoms. The summed E-state index contributed by atoms with van der Waals surface area (Å²) in [6, 6.07) is 40.4. The smallest absolute Gasteiger partial charge is 0.150 e. The molecular weight excluding hydrogens is 600 g/mol. The van der Waals surface area contributed by atoms with Crippen LogP contribution in [0.1, 0.15) is 55.9 Å². The predicted molar refractivity (Wildman–Crippen MR) is 188 cm³/mol. The normalized spacial score (nSPS) is 20.4. The van der Waals surface area contributed by atoms with Crippen molar-refractivity contribution in [3.63, 3.8) is 0 Å². The summed E-state index contributed by atoms with van der Waals surface area (Å²) in [7, 11) is 0. The van der Waals surface area contributed by atoms with Crippen LogP contribution in [0.5, 0.6) is 0 Å². The first-order chi connectivity index (χ1) is 23.4. The zero-order valence-corrected chi connectivity index (χ0v) is 28.3. The van der Waals surface area contributed by atoms with Gasteiger partial charge < -0.3 is 23.7 Å². The van der Waals surface area contributed by atoms with Gasteiger partial charge in [-0.15, -0.1) is 0 Å². The van der Waals surface area contributed by atoms with E-state index in [2.05, 4.69) is 0 Å². The van der Waals surface area contributed by atoms with E-state index < -0.39 is 29.8 Å². The molecule has 1 saturated heterocycles. The van der Waals surface area contributed by atoms with Gasteiger partial charge in [0.25, 0.3) is 0 Å². The van der Waals surface area contributed by atoms with Crippen LogP contribution in [0.2, 0.25) is 0 Å². The third-order valence-electron chi connectivity index (χ3n) is 8.35. The van der Waals surface area contributed by atoms with Gasteiger partial charge in [0, 0.05) is 11.8 Å². The monoisotopic (exact) mass is 648 g/mol. The van der Waals surface area contributed by atoms with Gasteiger partial charge >= 0.3 is 0 Å². The van der Waals surface area contributed by atoms with E-state index >= 15 is 0 Å². The molecule has 0 bridgehead atoms. The minimum atomic E-state index is -0.579. The second-order valence-corrected chi connectivity index (χ2v) is 13.2. The molecular formula is C42H48O6. The van der Waals surface area contributed by atoms with Crippen LogP contribution in [0, 0.1) is 5.41 Å². The molecule has 6 heteroatoms. The fraction of sp³-hybridized carbons (Fsp3) is 0.357. The Morgan fingerprint density at radius 3 is 1.54 bits per heavy atom. The molecule has 252 valence electrons. The van der Waals surface area contributed by atoms with Crippen molar-refractivity contribution >= 4 is 5.78 Å². The van der Waals surface area contributed by atoms with E-state index in [4.69, 9.17) is 23.7 Å². The van der Waals surface area contributed by atoms with Gasteiger partial charge in [0.15, 0.2) is 6.10 Å². The van der Waals surface area contributed by atoms with Crippen molar-refractivity contribution in [2.75, 3.05) is 6.61 Å². The quantitative estimate of drug-likeness (QED) is 0.121. The van der Waals surface area contributed by atoms with Gasteiger partial charge in [0.1, 0.15) is 29.9 Å². The lowest BCUT2D eigenvalue weighted by atomic mass is 9.88. The van der Waals surface area contributed by atoms with Gasteiger partial charge in [-0.3, -0.25) is 4.79 Å². The Bertz CT molecular complexity index is 1530. The number of hydrogen-bond acceptors (Lipinski definition) is 6. The lowest BCUT2D eigenvalue weighted by Crippen LogP contribution is -2.56. The van der Waals surface area contributed by atoms with Gasteiger partial charge in [0.05, 0.1) is 33.0 Å². The van der Waals surface area contributed by atoms with Crippen LogP contribution in [0.15, 0.2) is 133 Å². The van der Waals surface area contributed by atoms with Crippen LogP contribution in [0.4, 0.5) is 0 Å². The molecule has 4 aromatic rings. The summed E-state index contributed by atoms with van der Waals surface area (Å²) in [6.07, 6.45) is 0.815. The fourth-order valence-corrected chi connectivity index (χ4v) is 5.59. The first kappa shape index (κ1) is 35.2. The Morgan fingerprint density at radius 2 is 1.06 bits per heavy atom. The summed E-state index contributed by atoms with van der Waals surface area (Å²) in [4.78, 5) is 12.9. The average molecular weight is 649 g/mol. The number of benzene rings is 4. The first-order valence-electron chi connectivity index (χ1n) is 16.8. The Morgan fingerprint density at radius 1 is 0.625 bits per heavy atom. The highest BCUT2D eigenvalue weighted by atomic mass is 16.6. The number of ether oxygens (including phenoxy) is 5. The van der Waals surface area contributed by atoms with Crippen LogP contribution in [0.3, 0.4) is 0 Å². The molecule has 1 aliphatic rings. The van der Waals surface area contributed by atoms with E-state index in [9.17, 15) is 4.79 Å². The van der Waals surface area contributed by atoms with Crippen molar-refractivity contribution in [3.8, 4) is 0 Å². The molecule has 0 aromatic heterocycles. The molecule has 5 rings (SSSR count). The maximum Gasteiger partial charge on any atom is 0.150 e. The summed E-state index contributed by atoms with van der Waals surface area (Å²) >= 11 is 0. The summed E-state index contributed by atoms with van der Waals surface area (Å²) in [5.74, 6) is 0.833. The number of carbonyl (C=O) groups is 1. The minimum absolute atomic E-state index is 0.195. The zero-order valence-electron chi connectivity index (χ0n) is 28.3. The van der Waals surface area contributed by atoms with Crippen LogP contribution in [0.25, 0.3) is 0 Å². The average Bonchev–Trinajstić information content (AvgIpc) is 3.11. The second kappa shape index (κ2) is 17.9. The largest absolute Gasteiger partial charge is 0.487 e. The van der Waals surface area contributed by atoms with Crippen molar-refractivity contribution in [2.45, 2.75) is 84.5 Å². The third-order valence-corrected chi connectivity index (χ3v) is 8.35. The van der Waals surface area contributed by atoms with Crippen LogP contribution >= 0.6 is 0 Å². The molecule has 4 aromatic carbocycles. The number of rotatable bonds is 16. The van der Waals surface area contributed by atoms with Gasteiger partial charge in [-0.2, -0.15) is 0 Å². The predicted octanol–water partition coefficient (Wildman–Crippen LogP) is 8.64. The van der Waals surface area contributed by atoms with Crippen molar-refractivity contribution in [1.82, 2.24) is 0 Å². The maximum absolute atomic E-state index is 12.9. The Labute approximate surface area is 285 Å². The van der Waals surface area contributed by atoms with Gasteiger partial charge in [-0.05, 0) is 34.8 Å². The zero-order chi connectivity index (χ0) is 33.6. The van der Waals surface area contributed by atoms with Crippen molar-refractivity contribution in [3.05, 3.63) is 155 Å². The summed E-state index contributed by atoms with van der Waals surface area (Å²) in [5, 5.41) is 0. The molecule has 0 saturated carbocycles. The van der Waals surface area contributed by atoms with Gasteiger partial charge in [-0.1, -0.05) is 142 Å². The van der Waals surface area contributed by atoms with E-state index in [0.717, 1.165) is 22.3 Å². The molecule has 1 aliphatic heterocycles. The van der Waals surface area contributed by atoms with Crippen LogP contribution < -0.4 is 0 Å². The maximum atomic E-state index is 12.9. The SMILES string of the molecule is CC(C)(C)C(=O)CC/C=C1\O[C@H](COCc2ccccc2)[C@@H](OCc2ccccc2)[C@H](OCc2ccccc2)[C@H]1OCc1ccccc1. The molecule has 6 nitrogen and oxygen atoms in total. The molecule has 4 atom stereocenters. The molecule has 0 N–H and O–H groups in total. The summed E-state index contributed by atoms with van der Waals surface area (Å²) < 4.78 is 33.2. The van der Waals surface area contributed by atoms with Crippen LogP contribution in [-0.4, -0.2) is 36.8 Å². The Hall–Kier alpha value is -4.07. The first-order valence-corrected chi connectivity index (χ1v) is 16.8. The molecule has 0 spiro atoms. The molecule has 1 heterocycles. The highest BCUT2D eigenvalue weighted by Crippen LogP contribution is 2.33. The standard InChI is InChI=1S/C42H48O6/c1-42(2,3)38(43)26-16-25-36-39(45-28-33-19-10-5-11-20-33)41(47-30-35-23-14-7-15-24-35)40(46-29-34-21-12-6-13-22-34)37(48-36)31-44-27-32-17-8-4-9-18-32/h4-15,17-25,37,39-41H,16,26-31H2,1-3H3/b36-25-/t37-,39+,40-,41-/m1/s1. The number of hydrogen-bond donors (Lipinski definition) is 0. The molecule has 0 radical (unpaired) electrons. The van der Waals surface area contributed by atoms with Gasteiger partial charge in [0.2, 0.25) is 0 Å². The fourth-order valence-electron chi connectivity index (χ4n) is 5.59. The topological polar surface area (TPSA) is 63.2 Å². The second-order valence-electron chi connectivity index (χ2n) is 13.2. The van der Waals surface area contributed by atoms with E-state index in [1.165, 1.54) is 0 Å². The lowest BCUT2D eigenvalue weighted by Gasteiger charge is -2.43. The number of allylic oxidation sites excluding steroid dienone is 1. The van der Waals surface area contributed by atoms with Crippen molar-refractivity contribution < 1.29 is 28.5 Å². The van der Waals surface area contributed by atoms with E-state index in [0.29, 0.717) is 45.0 Å². The summed E-state index contributed by atoms with van der Waals surface area (Å²) in [5.41, 5.74) is 3.79. The Kier molecular flexibility index (Phi) is 13.1. The highest BCUT2D eigenvalue weighted by molar-refractivity contribution is 5.83. The van der Waals surface area contributed by atoms with Crippen LogP contribution in [-0.2, 0) is 54.9 Å². The van der Waals surface area contributed by atoms with Crippen molar-refractivity contribution in [2.24, 2.45) is 5.41 Å². The molecule has 0 unspecified atom stereocenters. The van der Waals surface area contributed by atoms with Gasteiger partial charge in [-0.25, -0.2) is 0 Å². The Balaban J connectivity index is 1.46. The number of ketones is 1. The van der Waals surface area contributed by atoms with E-state index in [1.807, 2.05) is 148 Å². The molecule has 0 amide bonds.